The van der Waals surface area contributed by atoms with Gasteiger partial charge in [0.25, 0.3) is 11.8 Å². The summed E-state index contributed by atoms with van der Waals surface area (Å²) in [4.78, 5) is 18.1. The van der Waals surface area contributed by atoms with E-state index in [9.17, 15) is 4.79 Å². The van der Waals surface area contributed by atoms with Crippen molar-refractivity contribution in [1.29, 1.82) is 0 Å². The van der Waals surface area contributed by atoms with Gasteiger partial charge in [-0.1, -0.05) is 40.5 Å². The molecule has 4 rings (SSSR count). The average Bonchev–Trinajstić information content (AvgIpc) is 3.28. The SMILES string of the molecule is COc1cc(N2C(C(N)=O)=C(Cl)C=CC2OC)ccc1-c1noc(-c2ccccc2Cl)n1. The molecule has 1 atom stereocenters. The monoisotopic (exact) mass is 472 g/mol. The van der Waals surface area contributed by atoms with Crippen LogP contribution in [0.25, 0.3) is 22.8 Å². The number of halogens is 2. The molecule has 8 nitrogen and oxygen atoms in total. The second kappa shape index (κ2) is 9.04. The van der Waals surface area contributed by atoms with Gasteiger partial charge in [-0.15, -0.1) is 0 Å². The predicted octanol–water partition coefficient (Wildman–Crippen LogP) is 4.35. The van der Waals surface area contributed by atoms with E-state index in [2.05, 4.69) is 10.1 Å². The summed E-state index contributed by atoms with van der Waals surface area (Å²) in [5, 5.41) is 4.76. The number of amides is 1. The Hall–Kier alpha value is -3.33. The molecule has 0 saturated carbocycles. The molecule has 1 aliphatic rings. The lowest BCUT2D eigenvalue weighted by Crippen LogP contribution is -2.41. The fraction of sp³-hybridized carbons (Fsp3) is 0.136. The molecule has 2 heterocycles. The normalized spacial score (nSPS) is 15.9. The van der Waals surface area contributed by atoms with E-state index in [-0.39, 0.29) is 16.6 Å². The first-order valence-electron chi connectivity index (χ1n) is 9.41. The van der Waals surface area contributed by atoms with Crippen molar-refractivity contribution >= 4 is 34.8 Å². The predicted molar refractivity (Wildman–Crippen MR) is 121 cm³/mol. The summed E-state index contributed by atoms with van der Waals surface area (Å²) in [5.74, 6) is 0.349. The number of nitrogens with two attached hydrogens (primary N) is 1. The van der Waals surface area contributed by atoms with Crippen molar-refractivity contribution in [1.82, 2.24) is 10.1 Å². The maximum Gasteiger partial charge on any atom is 0.266 e. The van der Waals surface area contributed by atoms with Crippen LogP contribution in [-0.2, 0) is 9.53 Å². The van der Waals surface area contributed by atoms with Gasteiger partial charge in [0.05, 0.1) is 28.3 Å². The van der Waals surface area contributed by atoms with Crippen molar-refractivity contribution in [2.24, 2.45) is 5.73 Å². The number of primary amides is 1. The third-order valence-corrected chi connectivity index (χ3v) is 5.47. The smallest absolute Gasteiger partial charge is 0.266 e. The first-order chi connectivity index (χ1) is 15.4. The molecule has 0 aliphatic carbocycles. The maximum absolute atomic E-state index is 12.1. The molecule has 2 aromatic carbocycles. The molecule has 0 bridgehead atoms. The van der Waals surface area contributed by atoms with E-state index in [1.807, 2.05) is 12.1 Å². The molecule has 32 heavy (non-hydrogen) atoms. The Morgan fingerprint density at radius 3 is 2.62 bits per heavy atom. The van der Waals surface area contributed by atoms with Crippen LogP contribution in [0.5, 0.6) is 5.75 Å². The van der Waals surface area contributed by atoms with Gasteiger partial charge in [0, 0.05) is 18.9 Å². The molecular weight excluding hydrogens is 455 g/mol. The number of aromatic nitrogens is 2. The van der Waals surface area contributed by atoms with Gasteiger partial charge in [0.2, 0.25) is 5.82 Å². The van der Waals surface area contributed by atoms with Crippen LogP contribution in [0.4, 0.5) is 5.69 Å². The van der Waals surface area contributed by atoms with Crippen molar-refractivity contribution in [3.8, 4) is 28.6 Å². The van der Waals surface area contributed by atoms with Crippen LogP contribution in [0.15, 0.2) is 69.9 Å². The van der Waals surface area contributed by atoms with E-state index >= 15 is 0 Å². The van der Waals surface area contributed by atoms with Crippen molar-refractivity contribution in [2.75, 3.05) is 19.1 Å². The molecule has 0 radical (unpaired) electrons. The highest BCUT2D eigenvalue weighted by atomic mass is 35.5. The summed E-state index contributed by atoms with van der Waals surface area (Å²) >= 11 is 12.5. The van der Waals surface area contributed by atoms with Crippen LogP contribution in [0.1, 0.15) is 0 Å². The number of hydrogen-bond donors (Lipinski definition) is 1. The zero-order chi connectivity index (χ0) is 22.8. The van der Waals surface area contributed by atoms with Crippen LogP contribution < -0.4 is 15.4 Å². The van der Waals surface area contributed by atoms with E-state index in [0.29, 0.717) is 33.4 Å². The highest BCUT2D eigenvalue weighted by Gasteiger charge is 2.30. The van der Waals surface area contributed by atoms with Gasteiger partial charge < -0.3 is 24.6 Å². The zero-order valence-corrected chi connectivity index (χ0v) is 18.6. The highest BCUT2D eigenvalue weighted by molar-refractivity contribution is 6.34. The lowest BCUT2D eigenvalue weighted by Gasteiger charge is -2.34. The number of anilines is 1. The van der Waals surface area contributed by atoms with Gasteiger partial charge in [-0.05, 0) is 36.4 Å². The second-order valence-corrected chi connectivity index (χ2v) is 7.52. The molecule has 0 fully saturated rings. The molecule has 2 N–H and O–H groups in total. The molecule has 0 saturated heterocycles. The third kappa shape index (κ3) is 3.95. The molecule has 164 valence electrons. The van der Waals surface area contributed by atoms with E-state index in [1.54, 1.807) is 47.4 Å². The topological polar surface area (TPSA) is 104 Å². The Morgan fingerprint density at radius 2 is 1.94 bits per heavy atom. The molecule has 1 aliphatic heterocycles. The van der Waals surface area contributed by atoms with Crippen molar-refractivity contribution in [2.45, 2.75) is 6.23 Å². The fourth-order valence-electron chi connectivity index (χ4n) is 3.36. The number of carbonyl (C=O) groups is 1. The number of carbonyl (C=O) groups excluding carboxylic acids is 1. The van der Waals surface area contributed by atoms with Gasteiger partial charge in [-0.3, -0.25) is 4.79 Å². The quantitative estimate of drug-likeness (QED) is 0.568. The maximum atomic E-state index is 12.1. The Bertz CT molecular complexity index is 1240. The minimum Gasteiger partial charge on any atom is -0.496 e. The molecule has 0 spiro atoms. The number of rotatable bonds is 6. The fourth-order valence-corrected chi connectivity index (χ4v) is 3.84. The van der Waals surface area contributed by atoms with E-state index in [0.717, 1.165) is 0 Å². The summed E-state index contributed by atoms with van der Waals surface area (Å²) < 4.78 is 16.4. The summed E-state index contributed by atoms with van der Waals surface area (Å²) in [7, 11) is 3.03. The van der Waals surface area contributed by atoms with Crippen LogP contribution >= 0.6 is 23.2 Å². The second-order valence-electron chi connectivity index (χ2n) is 6.70. The largest absolute Gasteiger partial charge is 0.496 e. The highest BCUT2D eigenvalue weighted by Crippen LogP contribution is 2.37. The van der Waals surface area contributed by atoms with E-state index < -0.39 is 12.1 Å². The number of methoxy groups -OCH3 is 2. The minimum atomic E-state index is -0.688. The van der Waals surface area contributed by atoms with Crippen molar-refractivity contribution in [3.05, 3.63) is 70.4 Å². The Labute approximate surface area is 193 Å². The molecular formula is C22H18Cl2N4O4. The van der Waals surface area contributed by atoms with Gasteiger partial charge in [-0.25, -0.2) is 0 Å². The molecule has 1 amide bonds. The number of nitrogens with zero attached hydrogens (tertiary/aromatic N) is 3. The van der Waals surface area contributed by atoms with Gasteiger partial charge in [0.15, 0.2) is 6.23 Å². The van der Waals surface area contributed by atoms with Gasteiger partial charge in [-0.2, -0.15) is 4.98 Å². The first kappa shape index (κ1) is 21.9. The lowest BCUT2D eigenvalue weighted by atomic mass is 10.1. The molecule has 1 aromatic heterocycles. The zero-order valence-electron chi connectivity index (χ0n) is 17.1. The summed E-state index contributed by atoms with van der Waals surface area (Å²) in [6, 6.07) is 12.4. The van der Waals surface area contributed by atoms with Crippen molar-refractivity contribution in [3.63, 3.8) is 0 Å². The van der Waals surface area contributed by atoms with Crippen LogP contribution in [0.3, 0.4) is 0 Å². The van der Waals surface area contributed by atoms with Gasteiger partial charge in [0.1, 0.15) is 11.4 Å². The Balaban J connectivity index is 1.75. The summed E-state index contributed by atoms with van der Waals surface area (Å²) in [6.07, 6.45) is 2.70. The van der Waals surface area contributed by atoms with Crippen molar-refractivity contribution < 1.29 is 18.8 Å². The summed E-state index contributed by atoms with van der Waals surface area (Å²) in [6.45, 7) is 0. The number of allylic oxidation sites excluding steroid dienone is 2. The Morgan fingerprint density at radius 1 is 1.16 bits per heavy atom. The minimum absolute atomic E-state index is 0.108. The number of hydrogen-bond acceptors (Lipinski definition) is 7. The molecule has 3 aromatic rings. The van der Waals surface area contributed by atoms with E-state index in [4.69, 9.17) is 42.9 Å². The average molecular weight is 473 g/mol. The standard InChI is InChI=1S/C22H18Cl2N4O4/c1-30-17-11-12(28-18(31-2)10-9-16(24)19(28)20(25)29)7-8-14(17)21-26-22(32-27-21)13-5-3-4-6-15(13)23/h3-11,18H,1-2H3,(H2,25,29). The van der Waals surface area contributed by atoms with E-state index in [1.165, 1.54) is 14.2 Å². The first-order valence-corrected chi connectivity index (χ1v) is 10.2. The van der Waals surface area contributed by atoms with Crippen LogP contribution in [0.2, 0.25) is 5.02 Å². The number of ether oxygens (including phenoxy) is 2. The van der Waals surface area contributed by atoms with Crippen LogP contribution in [0, 0.1) is 0 Å². The number of benzene rings is 2. The van der Waals surface area contributed by atoms with Crippen LogP contribution in [-0.4, -0.2) is 36.5 Å². The third-order valence-electron chi connectivity index (χ3n) is 4.84. The molecule has 1 unspecified atom stereocenters. The summed E-state index contributed by atoms with van der Waals surface area (Å²) in [5.41, 5.74) is 7.46. The lowest BCUT2D eigenvalue weighted by molar-refractivity contribution is -0.114. The molecule has 10 heteroatoms. The Kier molecular flexibility index (Phi) is 6.18. The van der Waals surface area contributed by atoms with Gasteiger partial charge >= 0.3 is 0 Å².